The van der Waals surface area contributed by atoms with Crippen LogP contribution >= 0.6 is 0 Å². The number of aliphatic hydroxyl groups is 1. The summed E-state index contributed by atoms with van der Waals surface area (Å²) in [5.74, 6) is -1.94. The van der Waals surface area contributed by atoms with Crippen molar-refractivity contribution < 1.29 is 29.0 Å². The molecule has 6 atom stereocenters. The summed E-state index contributed by atoms with van der Waals surface area (Å²) < 4.78 is 14.1. The Hall–Kier alpha value is -4.55. The predicted molar refractivity (Wildman–Crippen MR) is 173 cm³/mol. The molecule has 2 aromatic carbocycles. The van der Waals surface area contributed by atoms with Crippen LogP contribution in [0.1, 0.15) is 27.2 Å². The second-order valence-electron chi connectivity index (χ2n) is 13.0. The maximum Gasteiger partial charge on any atom is 0.250 e. The van der Waals surface area contributed by atoms with E-state index in [1.807, 2.05) is 93.6 Å². The van der Waals surface area contributed by atoms with Crippen LogP contribution in [0.15, 0.2) is 72.8 Å². The molecule has 0 bridgehead atoms. The van der Waals surface area contributed by atoms with E-state index in [0.717, 1.165) is 5.52 Å². The summed E-state index contributed by atoms with van der Waals surface area (Å²) in [6.45, 7) is 6.80. The van der Waals surface area contributed by atoms with E-state index in [1.54, 1.807) is 14.5 Å². The summed E-state index contributed by atoms with van der Waals surface area (Å²) in [6.07, 6.45) is 7.16. The minimum atomic E-state index is -1.41. The van der Waals surface area contributed by atoms with E-state index in [-0.39, 0.29) is 43.5 Å². The van der Waals surface area contributed by atoms with Crippen molar-refractivity contribution in [2.75, 3.05) is 31.2 Å². The molecule has 0 saturated carbocycles. The van der Waals surface area contributed by atoms with Gasteiger partial charge in [-0.25, -0.2) is 4.68 Å². The van der Waals surface area contributed by atoms with Crippen LogP contribution in [0, 0.1) is 17.8 Å². The molecule has 1 unspecified atom stereocenters. The van der Waals surface area contributed by atoms with Gasteiger partial charge in [0.25, 0.3) is 5.91 Å². The molecule has 1 spiro atoms. The van der Waals surface area contributed by atoms with Crippen LogP contribution in [0.4, 0.5) is 5.69 Å². The molecular formula is C35H40N6O6. The highest BCUT2D eigenvalue weighted by atomic mass is 16.5. The number of aliphatic hydroxyl groups excluding tert-OH is 1. The highest BCUT2D eigenvalue weighted by molar-refractivity contribution is 6.04. The zero-order chi connectivity index (χ0) is 32.9. The minimum Gasteiger partial charge on any atom is -0.494 e. The lowest BCUT2D eigenvalue weighted by atomic mass is 9.77. The lowest BCUT2D eigenvalue weighted by Gasteiger charge is -2.39. The summed E-state index contributed by atoms with van der Waals surface area (Å²) in [5.41, 5.74) is 0.751. The van der Waals surface area contributed by atoms with E-state index in [9.17, 15) is 19.5 Å². The summed E-state index contributed by atoms with van der Waals surface area (Å²) in [5, 5.41) is 19.2. The van der Waals surface area contributed by atoms with Crippen molar-refractivity contribution >= 4 is 34.4 Å². The van der Waals surface area contributed by atoms with Crippen LogP contribution < -0.4 is 9.64 Å². The fourth-order valence-corrected chi connectivity index (χ4v) is 7.77. The average Bonchev–Trinajstić information content (AvgIpc) is 3.62. The van der Waals surface area contributed by atoms with Crippen LogP contribution in [0.25, 0.3) is 11.0 Å². The number of likely N-dealkylation sites (tertiary alicyclic amines) is 1. The van der Waals surface area contributed by atoms with Crippen LogP contribution in [-0.4, -0.2) is 97.7 Å². The number of anilines is 1. The average molecular weight is 641 g/mol. The standard InChI is InChI=1S/C35H40N6O6/c1-4-46-25-14-12-23(13-15-25)39-18-7-11-28-29(32(39)43)30-33(44)41(24(20-42)19-22(2)3)31-34(45)38(17-8-16-35(30,31)47-28)21-40-27-10-6-5-9-26(27)36-37-40/h5-16,22,24,28-31,42H,4,17-21H2,1-3H3/t24-,28+,29-,30+,31?,35+/m1/s1. The number of rotatable bonds is 9. The summed E-state index contributed by atoms with van der Waals surface area (Å²) in [6, 6.07) is 13.1. The summed E-state index contributed by atoms with van der Waals surface area (Å²) >= 11 is 0. The van der Waals surface area contributed by atoms with Crippen molar-refractivity contribution in [1.82, 2.24) is 24.8 Å². The monoisotopic (exact) mass is 640 g/mol. The van der Waals surface area contributed by atoms with Crippen LogP contribution in [0.2, 0.25) is 0 Å². The Kier molecular flexibility index (Phi) is 8.09. The van der Waals surface area contributed by atoms with Gasteiger partial charge in [-0.05, 0) is 55.7 Å². The Morgan fingerprint density at radius 2 is 1.81 bits per heavy atom. The first-order chi connectivity index (χ1) is 22.8. The third kappa shape index (κ3) is 5.10. The highest BCUT2D eigenvalue weighted by Gasteiger charge is 2.72. The minimum absolute atomic E-state index is 0.105. The molecule has 12 nitrogen and oxygen atoms in total. The molecule has 2 saturated heterocycles. The van der Waals surface area contributed by atoms with E-state index in [2.05, 4.69) is 10.3 Å². The normalized spacial score (nSPS) is 27.7. The van der Waals surface area contributed by atoms with Gasteiger partial charge in [0.2, 0.25) is 11.8 Å². The first kappa shape index (κ1) is 31.1. The van der Waals surface area contributed by atoms with Gasteiger partial charge in [-0.3, -0.25) is 14.4 Å². The number of hydrogen-bond donors (Lipinski definition) is 1. The van der Waals surface area contributed by atoms with Gasteiger partial charge in [-0.1, -0.05) is 55.5 Å². The number of amides is 3. The first-order valence-corrected chi connectivity index (χ1v) is 16.3. The largest absolute Gasteiger partial charge is 0.494 e. The van der Waals surface area contributed by atoms with Crippen molar-refractivity contribution in [2.24, 2.45) is 17.8 Å². The number of carbonyl (C=O) groups excluding carboxylic acids is 3. The molecule has 4 aliphatic heterocycles. The van der Waals surface area contributed by atoms with Gasteiger partial charge < -0.3 is 29.3 Å². The van der Waals surface area contributed by atoms with Gasteiger partial charge in [0.05, 0.1) is 42.7 Å². The third-order valence-corrected chi connectivity index (χ3v) is 9.71. The van der Waals surface area contributed by atoms with Gasteiger partial charge in [-0.15, -0.1) is 5.10 Å². The Labute approximate surface area is 273 Å². The maximum atomic E-state index is 14.8. The smallest absolute Gasteiger partial charge is 0.250 e. The Morgan fingerprint density at radius 3 is 2.55 bits per heavy atom. The molecule has 12 heteroatoms. The molecule has 1 N–H and O–H groups in total. The van der Waals surface area contributed by atoms with Gasteiger partial charge >= 0.3 is 0 Å². The molecule has 0 aliphatic carbocycles. The number of para-hydroxylation sites is 1. The van der Waals surface area contributed by atoms with Crippen molar-refractivity contribution in [3.8, 4) is 5.75 Å². The first-order valence-electron chi connectivity index (χ1n) is 16.3. The topological polar surface area (TPSA) is 130 Å². The fraction of sp³-hybridized carbons (Fsp3) is 0.457. The van der Waals surface area contributed by atoms with Crippen LogP contribution in [-0.2, 0) is 25.8 Å². The predicted octanol–water partition coefficient (Wildman–Crippen LogP) is 2.78. The van der Waals surface area contributed by atoms with E-state index in [1.165, 1.54) is 4.90 Å². The lowest BCUT2D eigenvalue weighted by molar-refractivity contribution is -0.151. The molecule has 0 radical (unpaired) electrons. The Balaban J connectivity index is 1.28. The van der Waals surface area contributed by atoms with Gasteiger partial charge in [0, 0.05) is 18.8 Å². The summed E-state index contributed by atoms with van der Waals surface area (Å²) in [7, 11) is 0. The molecule has 3 amide bonds. The number of nitrogens with zero attached hydrogens (tertiary/aromatic N) is 6. The lowest BCUT2D eigenvalue weighted by Crippen LogP contribution is -2.58. The van der Waals surface area contributed by atoms with Crippen molar-refractivity contribution in [3.05, 3.63) is 72.8 Å². The molecule has 5 heterocycles. The van der Waals surface area contributed by atoms with E-state index >= 15 is 0 Å². The Bertz CT molecular complexity index is 1740. The molecule has 3 aromatic rings. The van der Waals surface area contributed by atoms with Crippen molar-refractivity contribution in [2.45, 2.75) is 57.6 Å². The third-order valence-electron chi connectivity index (χ3n) is 9.71. The zero-order valence-corrected chi connectivity index (χ0v) is 26.8. The van der Waals surface area contributed by atoms with Crippen molar-refractivity contribution in [3.63, 3.8) is 0 Å². The molecule has 2 fully saturated rings. The maximum absolute atomic E-state index is 14.8. The molecular weight excluding hydrogens is 600 g/mol. The van der Waals surface area contributed by atoms with E-state index in [0.29, 0.717) is 36.5 Å². The molecule has 47 heavy (non-hydrogen) atoms. The molecule has 7 rings (SSSR count). The second-order valence-corrected chi connectivity index (χ2v) is 13.0. The van der Waals surface area contributed by atoms with E-state index in [4.69, 9.17) is 9.47 Å². The number of hydrogen-bond acceptors (Lipinski definition) is 8. The summed E-state index contributed by atoms with van der Waals surface area (Å²) in [4.78, 5) is 48.8. The highest BCUT2D eigenvalue weighted by Crippen LogP contribution is 2.54. The quantitative estimate of drug-likeness (QED) is 0.354. The second kappa shape index (κ2) is 12.2. The van der Waals surface area contributed by atoms with Crippen LogP contribution in [0.3, 0.4) is 0 Å². The molecule has 246 valence electrons. The molecule has 1 aromatic heterocycles. The number of ether oxygens (including phenoxy) is 2. The van der Waals surface area contributed by atoms with Gasteiger partial charge in [0.15, 0.2) is 0 Å². The number of carbonyl (C=O) groups is 3. The van der Waals surface area contributed by atoms with E-state index < -0.39 is 35.6 Å². The number of aromatic nitrogens is 3. The number of fused-ring (bicyclic) bond motifs is 3. The number of benzene rings is 2. The fourth-order valence-electron chi connectivity index (χ4n) is 7.77. The SMILES string of the molecule is CCOc1ccc(N2CC=C[C@@H]3O[C@]45C=CCN(Cn6nnc7ccccc76)C(=O)C4N([C@@H](CO)CC(C)C)C(=O)[C@@H]5[C@@H]3C2=O)cc1. The van der Waals surface area contributed by atoms with Gasteiger partial charge in [0.1, 0.15) is 29.6 Å². The van der Waals surface area contributed by atoms with Gasteiger partial charge in [-0.2, -0.15) is 0 Å². The zero-order valence-electron chi connectivity index (χ0n) is 26.8. The molecule has 4 aliphatic rings. The Morgan fingerprint density at radius 1 is 1.02 bits per heavy atom. The van der Waals surface area contributed by atoms with Crippen LogP contribution in [0.5, 0.6) is 5.75 Å². The van der Waals surface area contributed by atoms with Crippen molar-refractivity contribution in [1.29, 1.82) is 0 Å².